The third-order valence-electron chi connectivity index (χ3n) is 4.06. The van der Waals surface area contributed by atoms with Crippen molar-refractivity contribution >= 4 is 15.9 Å². The molecule has 0 amide bonds. The topological polar surface area (TPSA) is 38.5 Å². The molecular weight excluding hydrogens is 311 g/mol. The monoisotopic (exact) mass is 328 g/mol. The van der Waals surface area contributed by atoms with Crippen LogP contribution in [0, 0.1) is 5.82 Å². The van der Waals surface area contributed by atoms with Crippen LogP contribution >= 0.6 is 15.9 Å². The summed E-state index contributed by atoms with van der Waals surface area (Å²) in [5.41, 5.74) is 6.58. The predicted octanol–water partition coefficient (Wildman–Crippen LogP) is 2.45. The molecule has 2 fully saturated rings. The maximum Gasteiger partial charge on any atom is 0.129 e. The summed E-state index contributed by atoms with van der Waals surface area (Å²) in [6.45, 7) is 2.14. The molecule has 0 saturated carbocycles. The first kappa shape index (κ1) is 13.5. The number of hydrogen-bond acceptors (Lipinski definition) is 3. The normalized spacial score (nSPS) is 28.6. The highest BCUT2D eigenvalue weighted by Crippen LogP contribution is 2.32. The summed E-state index contributed by atoms with van der Waals surface area (Å²) < 4.78 is 20.7. The molecule has 3 rings (SSSR count). The molecule has 2 heterocycles. The molecule has 3 nitrogen and oxygen atoms in total. The van der Waals surface area contributed by atoms with Gasteiger partial charge in [-0.15, -0.1) is 0 Å². The van der Waals surface area contributed by atoms with Gasteiger partial charge in [-0.1, -0.05) is 22.0 Å². The van der Waals surface area contributed by atoms with Crippen LogP contribution in [0.3, 0.4) is 0 Å². The molecule has 2 aliphatic rings. The van der Waals surface area contributed by atoms with Crippen LogP contribution in [0.1, 0.15) is 24.4 Å². The molecule has 5 heteroatoms. The number of nitrogens with zero attached hydrogens (tertiary/aromatic N) is 1. The third kappa shape index (κ3) is 2.70. The Balaban J connectivity index is 1.83. The number of rotatable bonds is 3. The van der Waals surface area contributed by atoms with Crippen molar-refractivity contribution in [2.24, 2.45) is 5.73 Å². The van der Waals surface area contributed by atoms with Crippen LogP contribution in [-0.2, 0) is 4.74 Å². The number of ether oxygens (including phenoxy) is 1. The van der Waals surface area contributed by atoms with Crippen molar-refractivity contribution in [1.29, 1.82) is 0 Å². The lowest BCUT2D eigenvalue weighted by Gasteiger charge is -2.37. The Kier molecular flexibility index (Phi) is 3.89. The van der Waals surface area contributed by atoms with E-state index >= 15 is 0 Å². The maximum absolute atomic E-state index is 14.1. The van der Waals surface area contributed by atoms with E-state index in [1.807, 2.05) is 12.1 Å². The van der Waals surface area contributed by atoms with E-state index in [1.54, 1.807) is 0 Å². The van der Waals surface area contributed by atoms with Crippen LogP contribution in [0.25, 0.3) is 0 Å². The predicted molar refractivity (Wildman–Crippen MR) is 75.4 cm³/mol. The average molecular weight is 329 g/mol. The highest BCUT2D eigenvalue weighted by molar-refractivity contribution is 9.10. The first-order chi connectivity index (χ1) is 9.17. The second-order valence-corrected chi connectivity index (χ2v) is 6.24. The Morgan fingerprint density at radius 1 is 1.37 bits per heavy atom. The average Bonchev–Trinajstić information content (AvgIpc) is 2.72. The molecule has 0 aromatic heterocycles. The van der Waals surface area contributed by atoms with Crippen molar-refractivity contribution < 1.29 is 9.13 Å². The number of fused-ring (bicyclic) bond motifs is 2. The molecule has 3 atom stereocenters. The second-order valence-electron chi connectivity index (χ2n) is 5.33. The zero-order valence-electron chi connectivity index (χ0n) is 10.7. The van der Waals surface area contributed by atoms with Gasteiger partial charge in [0.1, 0.15) is 5.82 Å². The van der Waals surface area contributed by atoms with E-state index in [9.17, 15) is 4.39 Å². The summed E-state index contributed by atoms with van der Waals surface area (Å²) in [4.78, 5) is 2.28. The SMILES string of the molecule is NCC(c1ccc(Br)cc1F)N1CC2CCC(C1)O2. The number of hydrogen-bond donors (Lipinski definition) is 1. The fourth-order valence-electron chi connectivity index (χ4n) is 3.15. The van der Waals surface area contributed by atoms with Crippen molar-refractivity contribution in [3.05, 3.63) is 34.1 Å². The van der Waals surface area contributed by atoms with Gasteiger partial charge in [0.05, 0.1) is 18.2 Å². The van der Waals surface area contributed by atoms with Crippen molar-refractivity contribution in [3.63, 3.8) is 0 Å². The lowest BCUT2D eigenvalue weighted by molar-refractivity contribution is -0.0525. The minimum absolute atomic E-state index is 0.0555. The molecule has 2 saturated heterocycles. The largest absolute Gasteiger partial charge is 0.372 e. The second kappa shape index (κ2) is 5.48. The van der Waals surface area contributed by atoms with E-state index in [1.165, 1.54) is 6.07 Å². The van der Waals surface area contributed by atoms with Crippen LogP contribution < -0.4 is 5.73 Å². The van der Waals surface area contributed by atoms with Gasteiger partial charge in [-0.2, -0.15) is 0 Å². The lowest BCUT2D eigenvalue weighted by atomic mass is 10.0. The molecule has 2 N–H and O–H groups in total. The Morgan fingerprint density at radius 3 is 2.63 bits per heavy atom. The van der Waals surface area contributed by atoms with Crippen molar-refractivity contribution in [2.75, 3.05) is 19.6 Å². The Labute approximate surface area is 121 Å². The Morgan fingerprint density at radius 2 is 2.05 bits per heavy atom. The fraction of sp³-hybridized carbons (Fsp3) is 0.571. The van der Waals surface area contributed by atoms with E-state index < -0.39 is 0 Å². The number of likely N-dealkylation sites (tertiary alicyclic amines) is 1. The molecule has 0 radical (unpaired) electrons. The molecule has 1 aromatic carbocycles. The van der Waals surface area contributed by atoms with Crippen molar-refractivity contribution in [2.45, 2.75) is 31.1 Å². The maximum atomic E-state index is 14.1. The zero-order chi connectivity index (χ0) is 13.4. The van der Waals surface area contributed by atoms with Gasteiger partial charge in [-0.05, 0) is 25.0 Å². The van der Waals surface area contributed by atoms with E-state index in [4.69, 9.17) is 10.5 Å². The standard InChI is InChI=1S/C14H18BrFN2O/c15-9-1-4-12(13(16)5-9)14(6-17)18-7-10-2-3-11(8-18)19-10/h1,4-5,10-11,14H,2-3,6-8,17H2. The molecule has 0 spiro atoms. The quantitative estimate of drug-likeness (QED) is 0.926. The van der Waals surface area contributed by atoms with Gasteiger partial charge in [0.2, 0.25) is 0 Å². The van der Waals surface area contributed by atoms with Gasteiger partial charge < -0.3 is 10.5 Å². The number of benzene rings is 1. The van der Waals surface area contributed by atoms with Crippen LogP contribution in [0.15, 0.2) is 22.7 Å². The minimum atomic E-state index is -0.191. The molecule has 2 aliphatic heterocycles. The molecule has 2 bridgehead atoms. The molecule has 3 unspecified atom stereocenters. The summed E-state index contributed by atoms with van der Waals surface area (Å²) >= 11 is 3.29. The Bertz CT molecular complexity index is 459. The van der Waals surface area contributed by atoms with Crippen molar-refractivity contribution in [1.82, 2.24) is 4.90 Å². The molecule has 104 valence electrons. The molecule has 0 aliphatic carbocycles. The van der Waals surface area contributed by atoms with E-state index in [0.29, 0.717) is 24.3 Å². The van der Waals surface area contributed by atoms with Gasteiger partial charge in [-0.25, -0.2) is 4.39 Å². The highest BCUT2D eigenvalue weighted by atomic mass is 79.9. The Hall–Kier alpha value is -0.490. The van der Waals surface area contributed by atoms with Gasteiger partial charge in [0, 0.05) is 29.7 Å². The van der Waals surface area contributed by atoms with Crippen molar-refractivity contribution in [3.8, 4) is 0 Å². The number of nitrogens with two attached hydrogens (primary N) is 1. The summed E-state index contributed by atoms with van der Waals surface area (Å²) in [6, 6.07) is 5.15. The fourth-order valence-corrected chi connectivity index (χ4v) is 3.48. The van der Waals surface area contributed by atoms with E-state index in [-0.39, 0.29) is 11.9 Å². The van der Waals surface area contributed by atoms with Gasteiger partial charge >= 0.3 is 0 Å². The number of morpholine rings is 1. The zero-order valence-corrected chi connectivity index (χ0v) is 12.3. The van der Waals surface area contributed by atoms with Crippen LogP contribution in [-0.4, -0.2) is 36.7 Å². The van der Waals surface area contributed by atoms with Crippen LogP contribution in [0.2, 0.25) is 0 Å². The van der Waals surface area contributed by atoms with Crippen LogP contribution in [0.5, 0.6) is 0 Å². The summed E-state index contributed by atoms with van der Waals surface area (Å²) in [5, 5.41) is 0. The number of halogens is 2. The smallest absolute Gasteiger partial charge is 0.129 e. The lowest BCUT2D eigenvalue weighted by Crippen LogP contribution is -2.46. The summed E-state index contributed by atoms with van der Waals surface area (Å²) in [5.74, 6) is -0.191. The minimum Gasteiger partial charge on any atom is -0.372 e. The van der Waals surface area contributed by atoms with Gasteiger partial charge in [0.15, 0.2) is 0 Å². The first-order valence-corrected chi connectivity index (χ1v) is 7.51. The van der Waals surface area contributed by atoms with Crippen LogP contribution in [0.4, 0.5) is 4.39 Å². The highest BCUT2D eigenvalue weighted by Gasteiger charge is 2.37. The van der Waals surface area contributed by atoms with E-state index in [2.05, 4.69) is 20.8 Å². The summed E-state index contributed by atoms with van der Waals surface area (Å²) in [6.07, 6.45) is 2.82. The van der Waals surface area contributed by atoms with E-state index in [0.717, 1.165) is 30.4 Å². The molecule has 1 aromatic rings. The third-order valence-corrected chi connectivity index (χ3v) is 4.55. The van der Waals surface area contributed by atoms with Gasteiger partial charge in [-0.3, -0.25) is 4.90 Å². The summed E-state index contributed by atoms with van der Waals surface area (Å²) in [7, 11) is 0. The first-order valence-electron chi connectivity index (χ1n) is 6.72. The molecular formula is C14H18BrFN2O. The molecule has 19 heavy (non-hydrogen) atoms. The van der Waals surface area contributed by atoms with Gasteiger partial charge in [0.25, 0.3) is 0 Å².